The van der Waals surface area contributed by atoms with E-state index >= 15 is 0 Å². The number of rotatable bonds is 2. The van der Waals surface area contributed by atoms with Crippen LogP contribution >= 0.6 is 12.4 Å². The molecule has 0 saturated carbocycles. The Labute approximate surface area is 126 Å². The lowest BCUT2D eigenvalue weighted by molar-refractivity contribution is -0.137. The number of hydrogen-bond donors (Lipinski definition) is 2. The minimum atomic E-state index is -0.0195. The number of amides is 3. The van der Waals surface area contributed by atoms with Crippen LogP contribution in [0, 0.1) is 5.92 Å². The van der Waals surface area contributed by atoms with Crippen LogP contribution in [0.25, 0.3) is 0 Å². The first-order valence-corrected chi connectivity index (χ1v) is 7.24. The Balaban J connectivity index is 0.00000200. The number of nitrogens with zero attached hydrogens (tertiary/aromatic N) is 2. The number of halogens is 1. The fraction of sp³-hybridized carbons (Fsp3) is 0.846. The molecular formula is C13H25ClN4O2. The van der Waals surface area contributed by atoms with Crippen molar-refractivity contribution in [1.29, 1.82) is 0 Å². The number of piperidine rings is 1. The molecule has 1 unspecified atom stereocenters. The average molecular weight is 305 g/mol. The second kappa shape index (κ2) is 8.32. The highest BCUT2D eigenvalue weighted by Crippen LogP contribution is 2.15. The standard InChI is InChI=1S/C13H24N4O2.ClH/c1-2-15-13(19)17-8-6-16(7-9-17)12(18)11-4-3-5-14-10-11;/h11,14H,2-10H2,1H3,(H,15,19);1H. The number of carbonyl (C=O) groups is 2. The highest BCUT2D eigenvalue weighted by molar-refractivity contribution is 5.85. The third-order valence-electron chi connectivity index (χ3n) is 3.85. The lowest BCUT2D eigenvalue weighted by Crippen LogP contribution is -2.55. The Kier molecular flexibility index (Phi) is 7.09. The monoisotopic (exact) mass is 304 g/mol. The molecule has 3 amide bonds. The normalized spacial score (nSPS) is 22.9. The second-order valence-corrected chi connectivity index (χ2v) is 5.19. The molecule has 116 valence electrons. The molecule has 0 aromatic heterocycles. The summed E-state index contributed by atoms with van der Waals surface area (Å²) in [6.07, 6.45) is 2.07. The van der Waals surface area contributed by atoms with Crippen LogP contribution in [0.3, 0.4) is 0 Å². The number of carbonyl (C=O) groups excluding carboxylic acids is 2. The van der Waals surface area contributed by atoms with Crippen LogP contribution in [0.1, 0.15) is 19.8 Å². The molecule has 2 saturated heterocycles. The fourth-order valence-electron chi connectivity index (χ4n) is 2.71. The van der Waals surface area contributed by atoms with Crippen molar-refractivity contribution in [3.63, 3.8) is 0 Å². The fourth-order valence-corrected chi connectivity index (χ4v) is 2.71. The number of urea groups is 1. The summed E-state index contributed by atoms with van der Waals surface area (Å²) < 4.78 is 0. The SMILES string of the molecule is CCNC(=O)N1CCN(C(=O)C2CCCNC2)CC1.Cl. The van der Waals surface area contributed by atoms with Crippen molar-refractivity contribution in [3.05, 3.63) is 0 Å². The molecule has 0 aromatic rings. The van der Waals surface area contributed by atoms with E-state index in [1.165, 1.54) is 0 Å². The molecule has 7 heteroatoms. The van der Waals surface area contributed by atoms with Crippen LogP contribution < -0.4 is 10.6 Å². The van der Waals surface area contributed by atoms with Gasteiger partial charge in [0.05, 0.1) is 5.92 Å². The van der Waals surface area contributed by atoms with Crippen molar-refractivity contribution in [2.45, 2.75) is 19.8 Å². The van der Waals surface area contributed by atoms with Crippen LogP contribution in [0.15, 0.2) is 0 Å². The first-order valence-electron chi connectivity index (χ1n) is 7.24. The van der Waals surface area contributed by atoms with E-state index < -0.39 is 0 Å². The molecule has 0 aliphatic carbocycles. The lowest BCUT2D eigenvalue weighted by Gasteiger charge is -2.37. The van der Waals surface area contributed by atoms with Gasteiger partial charge in [0.1, 0.15) is 0 Å². The van der Waals surface area contributed by atoms with Gasteiger partial charge in [0.2, 0.25) is 5.91 Å². The highest BCUT2D eigenvalue weighted by Gasteiger charge is 2.29. The largest absolute Gasteiger partial charge is 0.339 e. The molecular weight excluding hydrogens is 280 g/mol. The van der Waals surface area contributed by atoms with Gasteiger partial charge < -0.3 is 20.4 Å². The van der Waals surface area contributed by atoms with E-state index in [0.29, 0.717) is 32.7 Å². The maximum Gasteiger partial charge on any atom is 0.317 e. The summed E-state index contributed by atoms with van der Waals surface area (Å²) in [5, 5.41) is 6.07. The molecule has 1 atom stereocenters. The molecule has 20 heavy (non-hydrogen) atoms. The zero-order chi connectivity index (χ0) is 13.7. The highest BCUT2D eigenvalue weighted by atomic mass is 35.5. The predicted octanol–water partition coefficient (Wildman–Crippen LogP) is 0.282. The Morgan fingerprint density at radius 1 is 1.20 bits per heavy atom. The van der Waals surface area contributed by atoms with Gasteiger partial charge in [-0.05, 0) is 26.3 Å². The summed E-state index contributed by atoms with van der Waals surface area (Å²) in [5.74, 6) is 0.382. The van der Waals surface area contributed by atoms with Gasteiger partial charge in [-0.3, -0.25) is 4.79 Å². The van der Waals surface area contributed by atoms with E-state index in [2.05, 4.69) is 10.6 Å². The van der Waals surface area contributed by atoms with Gasteiger partial charge >= 0.3 is 6.03 Å². The van der Waals surface area contributed by atoms with Crippen molar-refractivity contribution < 1.29 is 9.59 Å². The summed E-state index contributed by atoms with van der Waals surface area (Å²) in [7, 11) is 0. The molecule has 2 fully saturated rings. The first-order chi connectivity index (χ1) is 9.22. The smallest absolute Gasteiger partial charge is 0.317 e. The van der Waals surface area contributed by atoms with Crippen molar-refractivity contribution in [2.24, 2.45) is 5.92 Å². The summed E-state index contributed by atoms with van der Waals surface area (Å²) in [5.41, 5.74) is 0. The Morgan fingerprint density at radius 3 is 2.40 bits per heavy atom. The summed E-state index contributed by atoms with van der Waals surface area (Å²) in [4.78, 5) is 27.7. The lowest BCUT2D eigenvalue weighted by atomic mass is 9.98. The second-order valence-electron chi connectivity index (χ2n) is 5.19. The van der Waals surface area contributed by atoms with Crippen molar-refractivity contribution >= 4 is 24.3 Å². The molecule has 0 radical (unpaired) electrons. The topological polar surface area (TPSA) is 64.7 Å². The van der Waals surface area contributed by atoms with E-state index in [9.17, 15) is 9.59 Å². The molecule has 0 aromatic carbocycles. The van der Waals surface area contributed by atoms with E-state index in [1.807, 2.05) is 11.8 Å². The molecule has 2 N–H and O–H groups in total. The summed E-state index contributed by atoms with van der Waals surface area (Å²) >= 11 is 0. The predicted molar refractivity (Wildman–Crippen MR) is 80.1 cm³/mol. The number of piperazine rings is 1. The zero-order valence-electron chi connectivity index (χ0n) is 12.1. The maximum atomic E-state index is 12.3. The van der Waals surface area contributed by atoms with Crippen LogP contribution in [0.5, 0.6) is 0 Å². The Hall–Kier alpha value is -1.01. The van der Waals surface area contributed by atoms with Crippen molar-refractivity contribution in [3.8, 4) is 0 Å². The van der Waals surface area contributed by atoms with Crippen LogP contribution in [-0.4, -0.2) is 67.6 Å². The third kappa shape index (κ3) is 4.24. The van der Waals surface area contributed by atoms with E-state index in [4.69, 9.17) is 0 Å². The molecule has 0 spiro atoms. The van der Waals surface area contributed by atoms with Crippen LogP contribution in [0.2, 0.25) is 0 Å². The minimum Gasteiger partial charge on any atom is -0.339 e. The maximum absolute atomic E-state index is 12.3. The summed E-state index contributed by atoms with van der Waals surface area (Å²) in [6, 6.07) is -0.0195. The van der Waals surface area contributed by atoms with Gasteiger partial charge in [-0.25, -0.2) is 4.79 Å². The van der Waals surface area contributed by atoms with Gasteiger partial charge in [-0.1, -0.05) is 0 Å². The molecule has 2 aliphatic rings. The Bertz CT molecular complexity index is 326. The van der Waals surface area contributed by atoms with E-state index in [-0.39, 0.29) is 30.3 Å². The van der Waals surface area contributed by atoms with Gasteiger partial charge in [0, 0.05) is 39.3 Å². The Morgan fingerprint density at radius 2 is 1.85 bits per heavy atom. The van der Waals surface area contributed by atoms with Gasteiger partial charge in [-0.15, -0.1) is 12.4 Å². The quantitative estimate of drug-likeness (QED) is 0.770. The third-order valence-corrected chi connectivity index (χ3v) is 3.85. The van der Waals surface area contributed by atoms with E-state index in [0.717, 1.165) is 25.9 Å². The molecule has 2 rings (SSSR count). The van der Waals surface area contributed by atoms with Gasteiger partial charge in [0.15, 0.2) is 0 Å². The van der Waals surface area contributed by atoms with Crippen molar-refractivity contribution in [2.75, 3.05) is 45.8 Å². The summed E-state index contributed by atoms with van der Waals surface area (Å²) in [6.45, 7) is 6.97. The van der Waals surface area contributed by atoms with Crippen LogP contribution in [0.4, 0.5) is 4.79 Å². The van der Waals surface area contributed by atoms with Crippen LogP contribution in [-0.2, 0) is 4.79 Å². The van der Waals surface area contributed by atoms with Gasteiger partial charge in [0.25, 0.3) is 0 Å². The number of nitrogens with one attached hydrogen (secondary N) is 2. The minimum absolute atomic E-state index is 0. The molecule has 0 bridgehead atoms. The molecule has 6 nitrogen and oxygen atoms in total. The van der Waals surface area contributed by atoms with E-state index in [1.54, 1.807) is 4.90 Å². The molecule has 2 heterocycles. The average Bonchev–Trinajstić information content (AvgIpc) is 2.48. The van der Waals surface area contributed by atoms with Crippen molar-refractivity contribution in [1.82, 2.24) is 20.4 Å². The van der Waals surface area contributed by atoms with Gasteiger partial charge in [-0.2, -0.15) is 0 Å². The zero-order valence-corrected chi connectivity index (χ0v) is 12.9. The number of hydrogen-bond acceptors (Lipinski definition) is 3. The first kappa shape index (κ1) is 17.0. The molecule has 2 aliphatic heterocycles.